The van der Waals surface area contributed by atoms with Gasteiger partial charge in [-0.1, -0.05) is 26.2 Å². The molecule has 1 saturated heterocycles. The minimum atomic E-state index is -1.17. The third-order valence-corrected chi connectivity index (χ3v) is 10.3. The Kier molecular flexibility index (Phi) is 9.23. The van der Waals surface area contributed by atoms with E-state index in [0.29, 0.717) is 31.2 Å². The summed E-state index contributed by atoms with van der Waals surface area (Å²) in [5.74, 6) is -3.14. The van der Waals surface area contributed by atoms with Gasteiger partial charge in [0.05, 0.1) is 6.04 Å². The molecule has 5 fully saturated rings. The maximum Gasteiger partial charge on any atom is 0.289 e. The van der Waals surface area contributed by atoms with Crippen molar-refractivity contribution >= 4 is 35.3 Å². The average Bonchev–Trinajstić information content (AvgIpc) is 3.85. The second-order valence-electron chi connectivity index (χ2n) is 13.6. The van der Waals surface area contributed by atoms with Gasteiger partial charge in [-0.15, -0.1) is 0 Å². The zero-order valence-electron chi connectivity index (χ0n) is 25.0. The Morgan fingerprint density at radius 1 is 1.00 bits per heavy atom. The van der Waals surface area contributed by atoms with Crippen molar-refractivity contribution in [3.63, 3.8) is 0 Å². The van der Waals surface area contributed by atoms with Crippen molar-refractivity contribution in [2.45, 2.75) is 121 Å². The number of rotatable bonds is 14. The molecule has 0 radical (unpaired) electrons. The number of nitrogens with one attached hydrogen (secondary N) is 4. The first kappa shape index (κ1) is 30.5. The Balaban J connectivity index is 1.28. The van der Waals surface area contributed by atoms with Crippen LogP contribution < -0.4 is 21.3 Å². The minimum Gasteiger partial charge on any atom is -0.356 e. The molecule has 11 nitrogen and oxygen atoms in total. The first-order chi connectivity index (χ1) is 20.1. The molecule has 4 saturated carbocycles. The Bertz CT molecular complexity index is 1090. The van der Waals surface area contributed by atoms with Crippen molar-refractivity contribution in [1.82, 2.24) is 26.2 Å². The van der Waals surface area contributed by atoms with E-state index in [2.05, 4.69) is 21.3 Å². The van der Waals surface area contributed by atoms with Crippen LogP contribution in [0.4, 0.5) is 0 Å². The molecule has 0 bridgehead atoms. The van der Waals surface area contributed by atoms with Gasteiger partial charge in [-0.05, 0) is 82.0 Å². The number of carbonyl (C=O) groups is 6. The topological polar surface area (TPSA) is 154 Å². The first-order valence-electron chi connectivity index (χ1n) is 16.1. The van der Waals surface area contributed by atoms with E-state index in [1.165, 1.54) is 17.7 Å². The monoisotopic (exact) mass is 585 g/mol. The molecule has 0 aromatic rings. The quantitative estimate of drug-likeness (QED) is 0.226. The fraction of sp³-hybridized carbons (Fsp3) is 0.806. The predicted octanol–water partition coefficient (Wildman–Crippen LogP) is 1.34. The number of nitrogens with zero attached hydrogens (tertiary/aromatic N) is 1. The van der Waals surface area contributed by atoms with Crippen LogP contribution in [-0.4, -0.2) is 78.0 Å². The second-order valence-corrected chi connectivity index (χ2v) is 13.6. The molecule has 1 spiro atoms. The summed E-state index contributed by atoms with van der Waals surface area (Å²) in [6, 6.07) is -2.79. The van der Waals surface area contributed by atoms with Gasteiger partial charge in [-0.3, -0.25) is 28.8 Å². The fourth-order valence-electron chi connectivity index (χ4n) is 7.14. The van der Waals surface area contributed by atoms with Gasteiger partial charge in [0.15, 0.2) is 0 Å². The minimum absolute atomic E-state index is 0.0190. The van der Waals surface area contributed by atoms with E-state index < -0.39 is 41.6 Å². The van der Waals surface area contributed by atoms with Crippen LogP contribution in [0.15, 0.2) is 0 Å². The zero-order valence-corrected chi connectivity index (χ0v) is 25.0. The van der Waals surface area contributed by atoms with E-state index in [4.69, 9.17) is 0 Å². The SMILES string of the molecule is CCC[C@@H](C(=O)N[C@@H](C[C@@H]1CCNC1=O)C(=O)C(=O)NC1CC1)N(C)C(=O)[C@H](NC(=O)C1CC2(CC2)C1)C1CCCC1. The highest BCUT2D eigenvalue weighted by Crippen LogP contribution is 2.63. The molecule has 1 heterocycles. The molecule has 5 aliphatic rings. The maximum absolute atomic E-state index is 14.0. The summed E-state index contributed by atoms with van der Waals surface area (Å²) in [6.45, 7) is 2.39. The van der Waals surface area contributed by atoms with E-state index >= 15 is 0 Å². The predicted molar refractivity (Wildman–Crippen MR) is 154 cm³/mol. The van der Waals surface area contributed by atoms with Crippen LogP contribution in [0.5, 0.6) is 0 Å². The molecule has 4 N–H and O–H groups in total. The molecule has 42 heavy (non-hydrogen) atoms. The number of amides is 5. The molecule has 1 aliphatic heterocycles. The Morgan fingerprint density at radius 3 is 2.26 bits per heavy atom. The molecular formula is C31H47N5O6. The number of likely N-dealkylation sites (N-methyl/N-ethyl adjacent to an activating group) is 1. The summed E-state index contributed by atoms with van der Waals surface area (Å²) in [5.41, 5.74) is 0.374. The number of hydrogen-bond donors (Lipinski definition) is 4. The van der Waals surface area contributed by atoms with Gasteiger partial charge in [0, 0.05) is 31.5 Å². The van der Waals surface area contributed by atoms with E-state index in [1.807, 2.05) is 6.92 Å². The van der Waals surface area contributed by atoms with Crippen LogP contribution in [0.25, 0.3) is 0 Å². The maximum atomic E-state index is 14.0. The molecule has 11 heteroatoms. The van der Waals surface area contributed by atoms with Crippen LogP contribution in [0.2, 0.25) is 0 Å². The number of carbonyl (C=O) groups excluding carboxylic acids is 6. The summed E-state index contributed by atoms with van der Waals surface area (Å²) in [4.78, 5) is 80.4. The van der Waals surface area contributed by atoms with Crippen LogP contribution in [0.3, 0.4) is 0 Å². The van der Waals surface area contributed by atoms with Gasteiger partial charge in [-0.2, -0.15) is 0 Å². The Morgan fingerprint density at radius 2 is 1.69 bits per heavy atom. The average molecular weight is 586 g/mol. The highest BCUT2D eigenvalue weighted by atomic mass is 16.2. The highest BCUT2D eigenvalue weighted by molar-refractivity contribution is 6.38. The van der Waals surface area contributed by atoms with Crippen molar-refractivity contribution in [2.24, 2.45) is 23.2 Å². The standard InChI is InChI=1S/C31H47N5O6/c1-3-6-23(28(40)34-22(15-19-11-14-32-26(19)38)25(37)29(41)33-21-9-10-21)36(2)30(42)24(18-7-4-5-8-18)35-27(39)20-16-31(17-20)12-13-31/h18-24H,3-17H2,1-2H3,(H,32,38)(H,33,41)(H,34,40)(H,35,39)/t19-,22-,23-,24+/m0/s1. The van der Waals surface area contributed by atoms with Crippen molar-refractivity contribution in [1.29, 1.82) is 0 Å². The normalized spacial score (nSPS) is 25.1. The van der Waals surface area contributed by atoms with Crippen LogP contribution in [-0.2, 0) is 28.8 Å². The summed E-state index contributed by atoms with van der Waals surface area (Å²) in [6.07, 6.45) is 11.0. The van der Waals surface area contributed by atoms with E-state index in [1.54, 1.807) is 7.05 Å². The van der Waals surface area contributed by atoms with E-state index in [-0.39, 0.29) is 42.0 Å². The van der Waals surface area contributed by atoms with Crippen molar-refractivity contribution in [2.75, 3.05) is 13.6 Å². The zero-order chi connectivity index (χ0) is 30.0. The largest absolute Gasteiger partial charge is 0.356 e. The lowest BCUT2D eigenvalue weighted by molar-refractivity contribution is -0.146. The summed E-state index contributed by atoms with van der Waals surface area (Å²) in [7, 11) is 1.58. The van der Waals surface area contributed by atoms with E-state index in [9.17, 15) is 28.8 Å². The molecule has 4 atom stereocenters. The van der Waals surface area contributed by atoms with Crippen molar-refractivity contribution < 1.29 is 28.8 Å². The van der Waals surface area contributed by atoms with E-state index in [0.717, 1.165) is 51.4 Å². The fourth-order valence-corrected chi connectivity index (χ4v) is 7.14. The molecule has 5 rings (SSSR count). The van der Waals surface area contributed by atoms with Gasteiger partial charge >= 0.3 is 0 Å². The smallest absolute Gasteiger partial charge is 0.289 e. The second kappa shape index (κ2) is 12.7. The third-order valence-electron chi connectivity index (χ3n) is 10.3. The lowest BCUT2D eigenvalue weighted by Gasteiger charge is -2.38. The lowest BCUT2D eigenvalue weighted by atomic mass is 9.71. The van der Waals surface area contributed by atoms with Gasteiger partial charge in [0.1, 0.15) is 12.1 Å². The van der Waals surface area contributed by atoms with Gasteiger partial charge < -0.3 is 26.2 Å². The molecule has 4 aliphatic carbocycles. The lowest BCUT2D eigenvalue weighted by Crippen LogP contribution is -2.59. The van der Waals surface area contributed by atoms with Crippen molar-refractivity contribution in [3.8, 4) is 0 Å². The number of ketones is 1. The van der Waals surface area contributed by atoms with Crippen LogP contribution in [0, 0.1) is 23.2 Å². The highest BCUT2D eigenvalue weighted by Gasteiger charge is 2.55. The molecular weight excluding hydrogens is 538 g/mol. The summed E-state index contributed by atoms with van der Waals surface area (Å²) < 4.78 is 0. The summed E-state index contributed by atoms with van der Waals surface area (Å²) in [5, 5.41) is 11.3. The molecule has 232 valence electrons. The third kappa shape index (κ3) is 6.97. The molecule has 5 amide bonds. The number of Topliss-reactive ketones (excluding diaryl/α,β-unsaturated/α-hetero) is 1. The van der Waals surface area contributed by atoms with Crippen LogP contribution in [0.1, 0.15) is 96.8 Å². The Labute approximate surface area is 248 Å². The molecule has 0 aromatic carbocycles. The first-order valence-corrected chi connectivity index (χ1v) is 16.1. The summed E-state index contributed by atoms with van der Waals surface area (Å²) >= 11 is 0. The van der Waals surface area contributed by atoms with Gasteiger partial charge in [0.25, 0.3) is 5.91 Å². The van der Waals surface area contributed by atoms with Gasteiger partial charge in [0.2, 0.25) is 29.4 Å². The molecule has 0 unspecified atom stereocenters. The molecule has 0 aromatic heterocycles. The van der Waals surface area contributed by atoms with Gasteiger partial charge in [-0.25, -0.2) is 0 Å². The van der Waals surface area contributed by atoms with Crippen molar-refractivity contribution in [3.05, 3.63) is 0 Å². The van der Waals surface area contributed by atoms with Crippen LogP contribution >= 0.6 is 0 Å². The number of hydrogen-bond acceptors (Lipinski definition) is 6. The Hall–Kier alpha value is -2.98.